The Kier molecular flexibility index (Phi) is 12.1. The molecule has 0 fully saturated rings. The number of fused-ring (bicyclic) bond motifs is 1. The molecule has 0 radical (unpaired) electrons. The first kappa shape index (κ1) is 29.5. The van der Waals surface area contributed by atoms with Crippen LogP contribution in [-0.4, -0.2) is 41.4 Å². The van der Waals surface area contributed by atoms with Crippen molar-refractivity contribution in [2.75, 3.05) is 6.54 Å². The Morgan fingerprint density at radius 1 is 0.944 bits per heavy atom. The van der Waals surface area contributed by atoms with Crippen molar-refractivity contribution in [3.05, 3.63) is 48.0 Å². The van der Waals surface area contributed by atoms with E-state index in [1.54, 1.807) is 0 Å². The van der Waals surface area contributed by atoms with Gasteiger partial charge in [-0.2, -0.15) is 0 Å². The molecule has 4 atom stereocenters. The summed E-state index contributed by atoms with van der Waals surface area (Å²) < 4.78 is 0. The molecule has 6 nitrogen and oxygen atoms in total. The lowest BCUT2D eigenvalue weighted by molar-refractivity contribution is -0.135. The highest BCUT2D eigenvalue weighted by Gasteiger charge is 2.36. The van der Waals surface area contributed by atoms with Gasteiger partial charge in [0.15, 0.2) is 5.78 Å². The third-order valence-electron chi connectivity index (χ3n) is 6.82. The van der Waals surface area contributed by atoms with Gasteiger partial charge >= 0.3 is 0 Å². The summed E-state index contributed by atoms with van der Waals surface area (Å²) in [5.41, 5.74) is 0.879. The van der Waals surface area contributed by atoms with Crippen molar-refractivity contribution >= 4 is 28.4 Å². The number of carbonyl (C=O) groups is 3. The topological polar surface area (TPSA) is 95.5 Å². The number of benzene rings is 2. The minimum atomic E-state index is -1.09. The van der Waals surface area contributed by atoms with Crippen molar-refractivity contribution in [3.63, 3.8) is 0 Å². The van der Waals surface area contributed by atoms with Gasteiger partial charge in [-0.15, -0.1) is 0 Å². The number of aliphatic hydroxyl groups is 1. The Hall–Kier alpha value is -2.73. The van der Waals surface area contributed by atoms with Crippen molar-refractivity contribution in [1.29, 1.82) is 0 Å². The molecule has 2 amide bonds. The molecule has 2 rings (SSSR count). The summed E-state index contributed by atoms with van der Waals surface area (Å²) in [6.07, 6.45) is 1.95. The smallest absolute Gasteiger partial charge is 0.225 e. The van der Waals surface area contributed by atoms with E-state index in [0.29, 0.717) is 19.4 Å². The number of rotatable bonds is 15. The van der Waals surface area contributed by atoms with Crippen molar-refractivity contribution in [1.82, 2.24) is 10.6 Å². The lowest BCUT2D eigenvalue weighted by Crippen LogP contribution is -2.50. The maximum atomic E-state index is 13.7. The zero-order chi connectivity index (χ0) is 26.7. The summed E-state index contributed by atoms with van der Waals surface area (Å²) in [6.45, 7) is 10.5. The summed E-state index contributed by atoms with van der Waals surface area (Å²) in [6, 6.07) is 13.2. The maximum Gasteiger partial charge on any atom is 0.225 e. The molecular weight excluding hydrogens is 452 g/mol. The molecule has 36 heavy (non-hydrogen) atoms. The number of unbranched alkanes of at least 4 members (excludes halogenated alkanes) is 1. The molecule has 0 bridgehead atoms. The lowest BCUT2D eigenvalue weighted by atomic mass is 9.80. The largest absolute Gasteiger partial charge is 0.392 e. The summed E-state index contributed by atoms with van der Waals surface area (Å²) in [4.78, 5) is 39.1. The highest BCUT2D eigenvalue weighted by molar-refractivity contribution is 5.92. The molecule has 0 aliphatic heterocycles. The molecule has 3 N–H and O–H groups in total. The Bertz CT molecular complexity index is 1000. The van der Waals surface area contributed by atoms with Gasteiger partial charge in [0.05, 0.1) is 25.0 Å². The van der Waals surface area contributed by atoms with Gasteiger partial charge in [-0.1, -0.05) is 89.9 Å². The summed E-state index contributed by atoms with van der Waals surface area (Å²) >= 11 is 0. The van der Waals surface area contributed by atoms with E-state index >= 15 is 0 Å². The second kappa shape index (κ2) is 14.7. The number of ketones is 1. The van der Waals surface area contributed by atoms with E-state index in [1.807, 2.05) is 77.1 Å². The highest BCUT2D eigenvalue weighted by Crippen LogP contribution is 2.24. The van der Waals surface area contributed by atoms with E-state index in [-0.39, 0.29) is 42.3 Å². The average Bonchev–Trinajstić information content (AvgIpc) is 2.84. The van der Waals surface area contributed by atoms with Gasteiger partial charge in [0.1, 0.15) is 0 Å². The fourth-order valence-electron chi connectivity index (χ4n) is 4.50. The third kappa shape index (κ3) is 9.05. The van der Waals surface area contributed by atoms with Crippen LogP contribution in [0.4, 0.5) is 0 Å². The molecule has 0 saturated carbocycles. The van der Waals surface area contributed by atoms with E-state index in [2.05, 4.69) is 10.6 Å². The van der Waals surface area contributed by atoms with Crippen LogP contribution in [-0.2, 0) is 20.8 Å². The van der Waals surface area contributed by atoms with E-state index in [4.69, 9.17) is 0 Å². The molecule has 6 heteroatoms. The number of nitrogens with one attached hydrogen (secondary N) is 2. The predicted molar refractivity (Wildman–Crippen MR) is 146 cm³/mol. The first-order valence-electron chi connectivity index (χ1n) is 13.4. The van der Waals surface area contributed by atoms with Gasteiger partial charge in [-0.05, 0) is 41.0 Å². The standard InChI is InChI=1S/C30H44N2O4/c1-6-8-15-31-27(34)19-26(33)25(16-20(3)4)30(36)29(21(5)7-2)32-28(35)18-22-13-14-23-11-9-10-12-24(23)17-22/h9-14,17,20-21,25-26,29,33H,6-8,15-16,18-19H2,1-5H3,(H,31,34)(H,32,35). The van der Waals surface area contributed by atoms with Gasteiger partial charge in [-0.3, -0.25) is 14.4 Å². The number of aliphatic hydroxyl groups excluding tert-OH is 1. The number of Topliss-reactive ketones (excluding diaryl/α,β-unsaturated/α-hetero) is 1. The van der Waals surface area contributed by atoms with E-state index < -0.39 is 18.1 Å². The third-order valence-corrected chi connectivity index (χ3v) is 6.82. The lowest BCUT2D eigenvalue weighted by Gasteiger charge is -2.30. The normalized spacial score (nSPS) is 14.8. The summed E-state index contributed by atoms with van der Waals surface area (Å²) in [7, 11) is 0. The van der Waals surface area contributed by atoms with Gasteiger partial charge in [-0.25, -0.2) is 0 Å². The first-order valence-corrected chi connectivity index (χ1v) is 13.4. The average molecular weight is 497 g/mol. The van der Waals surface area contributed by atoms with Crippen LogP contribution in [0.1, 0.15) is 72.3 Å². The van der Waals surface area contributed by atoms with E-state index in [9.17, 15) is 19.5 Å². The minimum Gasteiger partial charge on any atom is -0.392 e. The molecular formula is C30H44N2O4. The monoisotopic (exact) mass is 496 g/mol. The number of hydrogen-bond acceptors (Lipinski definition) is 4. The van der Waals surface area contributed by atoms with Crippen LogP contribution < -0.4 is 10.6 Å². The van der Waals surface area contributed by atoms with Crippen molar-refractivity contribution in [2.24, 2.45) is 17.8 Å². The van der Waals surface area contributed by atoms with Crippen LogP contribution in [0.25, 0.3) is 10.8 Å². The Balaban J connectivity index is 2.14. The van der Waals surface area contributed by atoms with Crippen LogP contribution in [0, 0.1) is 17.8 Å². The Morgan fingerprint density at radius 2 is 1.64 bits per heavy atom. The SMILES string of the molecule is CCCCNC(=O)CC(O)C(CC(C)C)C(=O)C(NC(=O)Cc1ccc2ccccc2c1)C(C)CC. The second-order valence-electron chi connectivity index (χ2n) is 10.4. The van der Waals surface area contributed by atoms with Crippen molar-refractivity contribution in [3.8, 4) is 0 Å². The fraction of sp³-hybridized carbons (Fsp3) is 0.567. The number of hydrogen-bond donors (Lipinski definition) is 3. The molecule has 0 spiro atoms. The van der Waals surface area contributed by atoms with Crippen LogP contribution in [0.3, 0.4) is 0 Å². The van der Waals surface area contributed by atoms with Crippen LogP contribution in [0.15, 0.2) is 42.5 Å². The minimum absolute atomic E-state index is 0.0988. The van der Waals surface area contributed by atoms with Crippen LogP contribution in [0.5, 0.6) is 0 Å². The Morgan fingerprint density at radius 3 is 2.28 bits per heavy atom. The van der Waals surface area contributed by atoms with Gasteiger partial charge in [0, 0.05) is 12.5 Å². The predicted octanol–water partition coefficient (Wildman–Crippen LogP) is 4.81. The number of carbonyl (C=O) groups excluding carboxylic acids is 3. The molecule has 0 saturated heterocycles. The molecule has 0 aromatic heterocycles. The molecule has 2 aromatic carbocycles. The van der Waals surface area contributed by atoms with Crippen molar-refractivity contribution < 1.29 is 19.5 Å². The molecule has 0 aliphatic rings. The highest BCUT2D eigenvalue weighted by atomic mass is 16.3. The van der Waals surface area contributed by atoms with Gasteiger partial charge in [0.25, 0.3) is 0 Å². The molecule has 2 aromatic rings. The molecule has 0 heterocycles. The van der Waals surface area contributed by atoms with Gasteiger partial charge in [0.2, 0.25) is 11.8 Å². The zero-order valence-electron chi connectivity index (χ0n) is 22.5. The fourth-order valence-corrected chi connectivity index (χ4v) is 4.50. The summed E-state index contributed by atoms with van der Waals surface area (Å²) in [5, 5.41) is 18.9. The molecule has 4 unspecified atom stereocenters. The quantitative estimate of drug-likeness (QED) is 0.308. The maximum absolute atomic E-state index is 13.7. The van der Waals surface area contributed by atoms with E-state index in [0.717, 1.165) is 29.2 Å². The summed E-state index contributed by atoms with van der Waals surface area (Å²) in [5.74, 6) is -1.33. The van der Waals surface area contributed by atoms with Gasteiger partial charge < -0.3 is 15.7 Å². The Labute approximate surface area is 216 Å². The van der Waals surface area contributed by atoms with Crippen LogP contribution in [0.2, 0.25) is 0 Å². The molecule has 0 aliphatic carbocycles. The first-order chi connectivity index (χ1) is 17.2. The van der Waals surface area contributed by atoms with E-state index in [1.165, 1.54) is 0 Å². The zero-order valence-corrected chi connectivity index (χ0v) is 22.5. The van der Waals surface area contributed by atoms with Crippen molar-refractivity contribution in [2.45, 2.75) is 85.3 Å². The molecule has 198 valence electrons. The number of amides is 2. The van der Waals surface area contributed by atoms with Crippen LogP contribution >= 0.6 is 0 Å². The second-order valence-corrected chi connectivity index (χ2v) is 10.4.